The fourth-order valence-corrected chi connectivity index (χ4v) is 1.97. The third kappa shape index (κ3) is 2.68. The van der Waals surface area contributed by atoms with Gasteiger partial charge in [-0.2, -0.15) is 9.78 Å². The zero-order chi connectivity index (χ0) is 13.0. The van der Waals surface area contributed by atoms with Crippen LogP contribution in [0.1, 0.15) is 12.5 Å². The minimum Gasteiger partial charge on any atom is -0.267 e. The Hall–Kier alpha value is -1.88. The molecule has 0 saturated carbocycles. The lowest BCUT2D eigenvalue weighted by molar-refractivity contribution is 0.688. The Morgan fingerprint density at radius 2 is 2.00 bits per heavy atom. The first-order chi connectivity index (χ1) is 8.72. The average molecular weight is 259 g/mol. The van der Waals surface area contributed by atoms with Crippen molar-refractivity contribution in [2.24, 2.45) is 5.10 Å². The van der Waals surface area contributed by atoms with Crippen molar-refractivity contribution in [3.8, 4) is 0 Å². The molecule has 0 saturated heterocycles. The average Bonchev–Trinajstić information content (AvgIpc) is 2.42. The molecule has 0 radical (unpaired) electrons. The summed E-state index contributed by atoms with van der Waals surface area (Å²) < 4.78 is 1.33. The number of nitrogens with zero attached hydrogens (tertiary/aromatic N) is 3. The molecule has 0 amide bonds. The van der Waals surface area contributed by atoms with E-state index < -0.39 is 0 Å². The number of benzene rings is 1. The lowest BCUT2D eigenvalue weighted by atomic mass is 10.1. The van der Waals surface area contributed by atoms with Crippen molar-refractivity contribution in [3.63, 3.8) is 0 Å². The van der Waals surface area contributed by atoms with Gasteiger partial charge in [0.15, 0.2) is 5.16 Å². The molecule has 1 aromatic heterocycles. The molecule has 18 heavy (non-hydrogen) atoms. The van der Waals surface area contributed by atoms with Crippen LogP contribution in [0, 0.1) is 0 Å². The van der Waals surface area contributed by atoms with Crippen LogP contribution < -0.4 is 5.56 Å². The quantitative estimate of drug-likeness (QED) is 0.482. The van der Waals surface area contributed by atoms with E-state index in [1.54, 1.807) is 0 Å². The van der Waals surface area contributed by atoms with E-state index in [-0.39, 0.29) is 5.56 Å². The molecule has 1 heterocycles. The van der Waals surface area contributed by atoms with Gasteiger partial charge in [-0.15, -0.1) is 0 Å². The zero-order valence-corrected chi connectivity index (χ0v) is 11.0. The normalized spacial score (nSPS) is 11.6. The topological polar surface area (TPSA) is 47.2 Å². The number of rotatable bonds is 3. The van der Waals surface area contributed by atoms with Crippen molar-refractivity contribution in [1.82, 2.24) is 9.66 Å². The second-order valence-electron chi connectivity index (χ2n) is 3.63. The lowest BCUT2D eigenvalue weighted by Gasteiger charge is -2.05. The van der Waals surface area contributed by atoms with Crippen LogP contribution in [0.5, 0.6) is 0 Å². The molecule has 0 aliphatic rings. The standard InChI is InChI=1S/C13H13N3OS/c1-10(11-6-4-3-5-7-11)15-16-12(17)8-9-14-13(16)18-2/h3-9H,1-2H3/b15-10+. The van der Waals surface area contributed by atoms with Crippen LogP contribution >= 0.6 is 11.8 Å². The second kappa shape index (κ2) is 5.64. The summed E-state index contributed by atoms with van der Waals surface area (Å²) in [4.78, 5) is 15.9. The van der Waals surface area contributed by atoms with Gasteiger partial charge in [0, 0.05) is 12.3 Å². The first-order valence-corrected chi connectivity index (χ1v) is 6.68. The van der Waals surface area contributed by atoms with Gasteiger partial charge in [0.1, 0.15) is 0 Å². The Balaban J connectivity index is 2.48. The summed E-state index contributed by atoms with van der Waals surface area (Å²) in [6, 6.07) is 11.1. The Morgan fingerprint density at radius 3 is 2.67 bits per heavy atom. The summed E-state index contributed by atoms with van der Waals surface area (Å²) in [5.74, 6) is 0. The van der Waals surface area contributed by atoms with Crippen LogP contribution in [-0.4, -0.2) is 21.6 Å². The smallest absolute Gasteiger partial charge is 0.267 e. The lowest BCUT2D eigenvalue weighted by Crippen LogP contribution is -2.19. The monoisotopic (exact) mass is 259 g/mol. The van der Waals surface area contributed by atoms with Gasteiger partial charge in [-0.1, -0.05) is 42.1 Å². The van der Waals surface area contributed by atoms with Crippen molar-refractivity contribution >= 4 is 17.5 Å². The molecule has 0 atom stereocenters. The summed E-state index contributed by atoms with van der Waals surface area (Å²) in [5.41, 5.74) is 1.59. The maximum absolute atomic E-state index is 11.8. The van der Waals surface area contributed by atoms with Crippen LogP contribution in [0.4, 0.5) is 0 Å². The highest BCUT2D eigenvalue weighted by molar-refractivity contribution is 7.98. The van der Waals surface area contributed by atoms with E-state index in [4.69, 9.17) is 0 Å². The molecule has 92 valence electrons. The van der Waals surface area contributed by atoms with Gasteiger partial charge in [0.25, 0.3) is 5.56 Å². The van der Waals surface area contributed by atoms with E-state index in [1.165, 1.54) is 28.7 Å². The highest BCUT2D eigenvalue weighted by Crippen LogP contribution is 2.09. The highest BCUT2D eigenvalue weighted by atomic mass is 32.2. The van der Waals surface area contributed by atoms with Crippen LogP contribution in [0.3, 0.4) is 0 Å². The summed E-state index contributed by atoms with van der Waals surface area (Å²) >= 11 is 1.39. The molecule has 5 heteroatoms. The van der Waals surface area contributed by atoms with Gasteiger partial charge in [0.05, 0.1) is 5.71 Å². The summed E-state index contributed by atoms with van der Waals surface area (Å²) in [7, 11) is 0. The van der Waals surface area contributed by atoms with Gasteiger partial charge < -0.3 is 0 Å². The van der Waals surface area contributed by atoms with E-state index in [2.05, 4.69) is 10.1 Å². The summed E-state index contributed by atoms with van der Waals surface area (Å²) in [6.45, 7) is 1.87. The molecule has 2 aromatic rings. The largest absolute Gasteiger partial charge is 0.274 e. The Bertz CT molecular complexity index is 620. The first-order valence-electron chi connectivity index (χ1n) is 5.45. The minimum absolute atomic E-state index is 0.176. The molecule has 0 aliphatic carbocycles. The van der Waals surface area contributed by atoms with Gasteiger partial charge in [-0.3, -0.25) is 4.79 Å². The number of aromatic nitrogens is 2. The van der Waals surface area contributed by atoms with Crippen molar-refractivity contribution in [2.75, 3.05) is 6.26 Å². The van der Waals surface area contributed by atoms with Crippen molar-refractivity contribution in [1.29, 1.82) is 0 Å². The third-order valence-electron chi connectivity index (χ3n) is 2.42. The Labute approximate surface area is 109 Å². The molecule has 0 spiro atoms. The predicted molar refractivity (Wildman–Crippen MR) is 74.3 cm³/mol. The molecule has 4 nitrogen and oxygen atoms in total. The van der Waals surface area contributed by atoms with E-state index in [0.717, 1.165) is 11.3 Å². The summed E-state index contributed by atoms with van der Waals surface area (Å²) in [5, 5.41) is 4.92. The zero-order valence-electron chi connectivity index (χ0n) is 10.2. The maximum Gasteiger partial charge on any atom is 0.274 e. The van der Waals surface area contributed by atoms with E-state index in [1.807, 2.05) is 43.5 Å². The van der Waals surface area contributed by atoms with Crippen LogP contribution in [0.2, 0.25) is 0 Å². The van der Waals surface area contributed by atoms with Crippen molar-refractivity contribution in [2.45, 2.75) is 12.1 Å². The van der Waals surface area contributed by atoms with Crippen LogP contribution in [-0.2, 0) is 0 Å². The van der Waals surface area contributed by atoms with Crippen molar-refractivity contribution < 1.29 is 0 Å². The van der Waals surface area contributed by atoms with Crippen LogP contribution in [0.15, 0.2) is 57.6 Å². The van der Waals surface area contributed by atoms with Gasteiger partial charge in [0.2, 0.25) is 0 Å². The van der Waals surface area contributed by atoms with E-state index in [9.17, 15) is 4.79 Å². The molecular formula is C13H13N3OS. The fraction of sp³-hybridized carbons (Fsp3) is 0.154. The third-order valence-corrected chi connectivity index (χ3v) is 3.06. The molecule has 2 rings (SSSR count). The first kappa shape index (κ1) is 12.6. The van der Waals surface area contributed by atoms with Crippen LogP contribution in [0.25, 0.3) is 0 Å². The Morgan fingerprint density at radius 1 is 1.28 bits per heavy atom. The van der Waals surface area contributed by atoms with Crippen molar-refractivity contribution in [3.05, 3.63) is 58.5 Å². The van der Waals surface area contributed by atoms with Gasteiger partial charge in [-0.25, -0.2) is 4.98 Å². The minimum atomic E-state index is -0.176. The van der Waals surface area contributed by atoms with E-state index in [0.29, 0.717) is 5.16 Å². The van der Waals surface area contributed by atoms with Gasteiger partial charge >= 0.3 is 0 Å². The number of thioether (sulfide) groups is 1. The van der Waals surface area contributed by atoms with E-state index >= 15 is 0 Å². The predicted octanol–water partition coefficient (Wildman–Crippen LogP) is 2.24. The molecule has 0 aliphatic heterocycles. The molecule has 0 fully saturated rings. The highest BCUT2D eigenvalue weighted by Gasteiger charge is 2.04. The van der Waals surface area contributed by atoms with Gasteiger partial charge in [-0.05, 0) is 18.7 Å². The molecule has 0 unspecified atom stereocenters. The second-order valence-corrected chi connectivity index (χ2v) is 4.41. The maximum atomic E-state index is 11.8. The fourth-order valence-electron chi connectivity index (χ4n) is 1.50. The Kier molecular flexibility index (Phi) is 3.94. The molecule has 1 aromatic carbocycles. The SMILES string of the molecule is CSc1nccc(=O)n1/N=C(\C)c1ccccc1. The summed E-state index contributed by atoms with van der Waals surface area (Å²) in [6.07, 6.45) is 3.36. The molecule has 0 N–H and O–H groups in total. The number of hydrogen-bond donors (Lipinski definition) is 0. The molecule has 0 bridgehead atoms. The number of hydrogen-bond acceptors (Lipinski definition) is 4. The molecular weight excluding hydrogens is 246 g/mol.